The molecule has 0 aliphatic heterocycles. The fraction of sp³-hybridized carbons (Fsp3) is 0.316. The maximum Gasteiger partial charge on any atom is 0.348 e. The Bertz CT molecular complexity index is 880. The molecular formula is C19H19FN2O4S. The highest BCUT2D eigenvalue weighted by atomic mass is 32.1. The lowest BCUT2D eigenvalue weighted by atomic mass is 9.90. The van der Waals surface area contributed by atoms with Crippen LogP contribution >= 0.6 is 11.3 Å². The summed E-state index contributed by atoms with van der Waals surface area (Å²) in [5, 5.41) is 0. The van der Waals surface area contributed by atoms with Crippen LogP contribution in [0.4, 0.5) is 4.39 Å². The molecule has 0 fully saturated rings. The lowest BCUT2D eigenvalue weighted by Gasteiger charge is -2.16. The average Bonchev–Trinajstić information content (AvgIpc) is 3.07. The number of fused-ring (bicyclic) bond motifs is 1. The van der Waals surface area contributed by atoms with Crippen molar-refractivity contribution in [2.45, 2.75) is 26.2 Å². The number of aryl methyl sites for hydroxylation is 1. The monoisotopic (exact) mass is 390 g/mol. The van der Waals surface area contributed by atoms with Crippen molar-refractivity contribution in [3.05, 3.63) is 57.0 Å². The number of ether oxygens (including phenoxy) is 1. The molecule has 0 radical (unpaired) electrons. The minimum absolute atomic E-state index is 0.201. The van der Waals surface area contributed by atoms with Gasteiger partial charge in [0.1, 0.15) is 10.7 Å². The number of hydrogen-bond donors (Lipinski definition) is 2. The van der Waals surface area contributed by atoms with Crippen LogP contribution in [0, 0.1) is 11.7 Å². The van der Waals surface area contributed by atoms with Gasteiger partial charge in [0.05, 0.1) is 5.56 Å². The summed E-state index contributed by atoms with van der Waals surface area (Å²) in [4.78, 5) is 37.3. The number of hydrogen-bond acceptors (Lipinski definition) is 5. The number of benzene rings is 1. The lowest BCUT2D eigenvalue weighted by molar-refractivity contribution is -0.125. The Morgan fingerprint density at radius 2 is 2.04 bits per heavy atom. The second kappa shape index (κ2) is 8.30. The quantitative estimate of drug-likeness (QED) is 0.621. The van der Waals surface area contributed by atoms with Gasteiger partial charge in [0.15, 0.2) is 6.61 Å². The predicted molar refractivity (Wildman–Crippen MR) is 97.8 cm³/mol. The van der Waals surface area contributed by atoms with Crippen molar-refractivity contribution in [3.63, 3.8) is 0 Å². The van der Waals surface area contributed by atoms with E-state index in [4.69, 9.17) is 4.74 Å². The molecule has 6 nitrogen and oxygen atoms in total. The number of halogens is 1. The van der Waals surface area contributed by atoms with Crippen molar-refractivity contribution in [2.75, 3.05) is 6.61 Å². The number of hydrazine groups is 1. The third-order valence-corrected chi connectivity index (χ3v) is 5.52. The second-order valence-corrected chi connectivity index (χ2v) is 7.60. The van der Waals surface area contributed by atoms with Crippen LogP contribution in [0.2, 0.25) is 0 Å². The van der Waals surface area contributed by atoms with E-state index in [9.17, 15) is 18.8 Å². The standard InChI is InChI=1S/C19H19FN2O4S/c1-11-6-7-15-12(8-11)9-16(27-15)19(25)26-10-17(23)21-22-18(24)13-4-2-3-5-14(13)20/h2-5,9,11H,6-8,10H2,1H3,(H,21,23)(H,22,24)/t11-/m0/s1. The van der Waals surface area contributed by atoms with E-state index in [1.165, 1.54) is 40.0 Å². The Balaban J connectivity index is 1.47. The zero-order chi connectivity index (χ0) is 19.4. The minimum Gasteiger partial charge on any atom is -0.451 e. The Kier molecular flexibility index (Phi) is 5.85. The molecule has 2 N–H and O–H groups in total. The molecule has 2 aromatic rings. The van der Waals surface area contributed by atoms with Crippen LogP contribution in [0.1, 0.15) is 43.8 Å². The summed E-state index contributed by atoms with van der Waals surface area (Å²) >= 11 is 1.40. The van der Waals surface area contributed by atoms with Crippen molar-refractivity contribution in [1.82, 2.24) is 10.9 Å². The van der Waals surface area contributed by atoms with Gasteiger partial charge in [0.2, 0.25) is 0 Å². The molecule has 1 aromatic carbocycles. The number of carbonyl (C=O) groups excluding carboxylic acids is 3. The third kappa shape index (κ3) is 4.71. The van der Waals surface area contributed by atoms with Crippen molar-refractivity contribution in [3.8, 4) is 0 Å². The van der Waals surface area contributed by atoms with E-state index in [-0.39, 0.29) is 5.56 Å². The first kappa shape index (κ1) is 19.0. The number of amides is 2. The molecule has 0 bridgehead atoms. The van der Waals surface area contributed by atoms with Crippen LogP contribution in [0.5, 0.6) is 0 Å². The van der Waals surface area contributed by atoms with E-state index in [0.29, 0.717) is 10.8 Å². The number of nitrogens with one attached hydrogen (secondary N) is 2. The summed E-state index contributed by atoms with van der Waals surface area (Å²) in [5.41, 5.74) is 5.14. The van der Waals surface area contributed by atoms with Crippen LogP contribution in [0.3, 0.4) is 0 Å². The van der Waals surface area contributed by atoms with Gasteiger partial charge in [-0.25, -0.2) is 9.18 Å². The van der Waals surface area contributed by atoms with Crippen LogP contribution in [0.25, 0.3) is 0 Å². The van der Waals surface area contributed by atoms with Crippen molar-refractivity contribution in [2.24, 2.45) is 5.92 Å². The number of rotatable bonds is 4. The molecule has 1 aromatic heterocycles. The van der Waals surface area contributed by atoms with Gasteiger partial charge in [0, 0.05) is 4.88 Å². The molecule has 2 amide bonds. The fourth-order valence-electron chi connectivity index (χ4n) is 2.88. The smallest absolute Gasteiger partial charge is 0.348 e. The average molecular weight is 390 g/mol. The zero-order valence-electron chi connectivity index (χ0n) is 14.7. The van der Waals surface area contributed by atoms with Crippen molar-refractivity contribution < 1.29 is 23.5 Å². The number of esters is 1. The second-order valence-electron chi connectivity index (χ2n) is 6.47. The van der Waals surface area contributed by atoms with Crippen molar-refractivity contribution >= 4 is 29.1 Å². The Morgan fingerprint density at radius 3 is 2.81 bits per heavy atom. The molecule has 1 aliphatic rings. The molecule has 3 rings (SSSR count). The molecule has 1 atom stereocenters. The van der Waals surface area contributed by atoms with Crippen molar-refractivity contribution in [1.29, 1.82) is 0 Å². The maximum absolute atomic E-state index is 13.5. The topological polar surface area (TPSA) is 84.5 Å². The lowest BCUT2D eigenvalue weighted by Crippen LogP contribution is -2.43. The Hall–Kier alpha value is -2.74. The largest absolute Gasteiger partial charge is 0.451 e. The van der Waals surface area contributed by atoms with Crippen LogP contribution < -0.4 is 10.9 Å². The first-order valence-corrected chi connectivity index (χ1v) is 9.38. The van der Waals surface area contributed by atoms with E-state index in [1.54, 1.807) is 0 Å². The fourth-order valence-corrected chi connectivity index (χ4v) is 3.99. The first-order valence-electron chi connectivity index (χ1n) is 8.56. The van der Waals surface area contributed by atoms with Gasteiger partial charge in [-0.15, -0.1) is 11.3 Å². The van der Waals surface area contributed by atoms with Gasteiger partial charge in [0.25, 0.3) is 11.8 Å². The Morgan fingerprint density at radius 1 is 1.26 bits per heavy atom. The Labute approximate surface area is 159 Å². The van der Waals surface area contributed by atoms with E-state index in [0.717, 1.165) is 25.3 Å². The van der Waals surface area contributed by atoms with Gasteiger partial charge >= 0.3 is 5.97 Å². The molecule has 0 saturated heterocycles. The first-order chi connectivity index (χ1) is 12.9. The maximum atomic E-state index is 13.5. The summed E-state index contributed by atoms with van der Waals surface area (Å²) in [6.45, 7) is 1.63. The normalized spacial score (nSPS) is 15.6. The molecule has 27 heavy (non-hydrogen) atoms. The minimum atomic E-state index is -0.798. The molecule has 1 aliphatic carbocycles. The molecule has 1 heterocycles. The zero-order valence-corrected chi connectivity index (χ0v) is 15.5. The highest BCUT2D eigenvalue weighted by Crippen LogP contribution is 2.32. The molecule has 0 saturated carbocycles. The number of carbonyl (C=O) groups is 3. The molecule has 0 unspecified atom stereocenters. The summed E-state index contributed by atoms with van der Waals surface area (Å²) in [7, 11) is 0. The molecule has 0 spiro atoms. The highest BCUT2D eigenvalue weighted by molar-refractivity contribution is 7.14. The van der Waals surface area contributed by atoms with Gasteiger partial charge in [-0.2, -0.15) is 0 Å². The van der Waals surface area contributed by atoms with Gasteiger partial charge < -0.3 is 4.74 Å². The summed E-state index contributed by atoms with van der Waals surface area (Å²) < 4.78 is 18.5. The third-order valence-electron chi connectivity index (χ3n) is 4.30. The summed E-state index contributed by atoms with van der Waals surface area (Å²) in [6.07, 6.45) is 3.00. The van der Waals surface area contributed by atoms with E-state index in [2.05, 4.69) is 17.8 Å². The molecule has 142 valence electrons. The predicted octanol–water partition coefficient (Wildman–Crippen LogP) is 2.63. The molecule has 8 heteroatoms. The molecular weight excluding hydrogens is 371 g/mol. The van der Waals surface area contributed by atoms with Gasteiger partial charge in [-0.3, -0.25) is 20.4 Å². The van der Waals surface area contributed by atoms with Crippen LogP contribution in [-0.4, -0.2) is 24.4 Å². The van der Waals surface area contributed by atoms with Gasteiger partial charge in [-0.1, -0.05) is 19.1 Å². The van der Waals surface area contributed by atoms with Crippen LogP contribution in [0.15, 0.2) is 30.3 Å². The summed E-state index contributed by atoms with van der Waals surface area (Å²) in [6, 6.07) is 7.21. The summed E-state index contributed by atoms with van der Waals surface area (Å²) in [5.74, 6) is -2.19. The van der Waals surface area contributed by atoms with Gasteiger partial charge in [-0.05, 0) is 48.9 Å². The number of thiophene rings is 1. The van der Waals surface area contributed by atoms with E-state index < -0.39 is 30.2 Å². The van der Waals surface area contributed by atoms with E-state index in [1.807, 2.05) is 6.07 Å². The van der Waals surface area contributed by atoms with E-state index >= 15 is 0 Å². The van der Waals surface area contributed by atoms with Crippen LogP contribution in [-0.2, 0) is 22.4 Å². The SMILES string of the molecule is C[C@H]1CCc2sc(C(=O)OCC(=O)NNC(=O)c3ccccc3F)cc2C1. The highest BCUT2D eigenvalue weighted by Gasteiger charge is 2.22.